The zero-order valence-corrected chi connectivity index (χ0v) is 13.4. The number of aryl methyl sites for hydroxylation is 4. The van der Waals surface area contributed by atoms with Crippen molar-refractivity contribution in [2.75, 3.05) is 5.32 Å². The highest BCUT2D eigenvalue weighted by atomic mass is 14.9. The summed E-state index contributed by atoms with van der Waals surface area (Å²) in [6, 6.07) is 14.0. The summed E-state index contributed by atoms with van der Waals surface area (Å²) < 4.78 is 0. The van der Waals surface area contributed by atoms with Crippen LogP contribution in [-0.2, 0) is 12.8 Å². The van der Waals surface area contributed by atoms with E-state index in [9.17, 15) is 0 Å². The Bertz CT molecular complexity index is 619. The summed E-state index contributed by atoms with van der Waals surface area (Å²) in [5.41, 5.74) is 8.62. The van der Waals surface area contributed by atoms with Crippen molar-refractivity contribution in [1.82, 2.24) is 0 Å². The second-order valence-electron chi connectivity index (χ2n) is 6.45. The maximum atomic E-state index is 3.72. The van der Waals surface area contributed by atoms with Gasteiger partial charge in [0.15, 0.2) is 0 Å². The second kappa shape index (κ2) is 5.93. The fraction of sp³-hybridized carbons (Fsp3) is 0.400. The summed E-state index contributed by atoms with van der Waals surface area (Å²) in [5.74, 6) is 0. The Morgan fingerprint density at radius 2 is 1.76 bits per heavy atom. The Morgan fingerprint density at radius 1 is 1.05 bits per heavy atom. The SMILES string of the molecule is Cc1cc(C)c(CCC2CCc3ccccc3N2)c(C)c1. The zero-order valence-electron chi connectivity index (χ0n) is 13.4. The van der Waals surface area contributed by atoms with E-state index in [4.69, 9.17) is 0 Å². The van der Waals surface area contributed by atoms with E-state index in [-0.39, 0.29) is 0 Å². The van der Waals surface area contributed by atoms with Crippen LogP contribution in [0.15, 0.2) is 36.4 Å². The molecule has 3 rings (SSSR count). The van der Waals surface area contributed by atoms with E-state index in [1.54, 1.807) is 5.56 Å². The molecule has 0 radical (unpaired) electrons. The molecule has 1 heterocycles. The van der Waals surface area contributed by atoms with Gasteiger partial charge < -0.3 is 5.32 Å². The molecule has 2 aromatic rings. The molecule has 0 saturated heterocycles. The van der Waals surface area contributed by atoms with Crippen LogP contribution in [0, 0.1) is 20.8 Å². The van der Waals surface area contributed by atoms with Gasteiger partial charge in [0, 0.05) is 11.7 Å². The lowest BCUT2D eigenvalue weighted by atomic mass is 9.91. The number of nitrogens with one attached hydrogen (secondary N) is 1. The molecule has 1 aliphatic heterocycles. The molecule has 0 bridgehead atoms. The van der Waals surface area contributed by atoms with E-state index in [0.29, 0.717) is 6.04 Å². The summed E-state index contributed by atoms with van der Waals surface area (Å²) in [4.78, 5) is 0. The standard InChI is InChI=1S/C20H25N/c1-14-12-15(2)19(16(3)13-14)11-10-18-9-8-17-6-4-5-7-20(17)21-18/h4-7,12-13,18,21H,8-11H2,1-3H3. The maximum absolute atomic E-state index is 3.72. The lowest BCUT2D eigenvalue weighted by molar-refractivity contribution is 0.585. The average molecular weight is 279 g/mol. The fourth-order valence-electron chi connectivity index (χ4n) is 3.64. The fourth-order valence-corrected chi connectivity index (χ4v) is 3.64. The van der Waals surface area contributed by atoms with Crippen molar-refractivity contribution < 1.29 is 0 Å². The van der Waals surface area contributed by atoms with Gasteiger partial charge in [-0.1, -0.05) is 35.9 Å². The molecule has 0 amide bonds. The molecule has 1 aliphatic rings. The lowest BCUT2D eigenvalue weighted by Gasteiger charge is -2.27. The largest absolute Gasteiger partial charge is 0.382 e. The minimum absolute atomic E-state index is 0.611. The van der Waals surface area contributed by atoms with Gasteiger partial charge in [0.2, 0.25) is 0 Å². The Morgan fingerprint density at radius 3 is 2.52 bits per heavy atom. The number of anilines is 1. The number of para-hydroxylation sites is 1. The molecule has 0 aliphatic carbocycles. The molecule has 1 nitrogen and oxygen atoms in total. The van der Waals surface area contributed by atoms with E-state index in [2.05, 4.69) is 62.5 Å². The molecular formula is C20H25N. The van der Waals surface area contributed by atoms with Gasteiger partial charge in [-0.05, 0) is 74.8 Å². The molecule has 21 heavy (non-hydrogen) atoms. The monoisotopic (exact) mass is 279 g/mol. The van der Waals surface area contributed by atoms with Gasteiger partial charge in [0.05, 0.1) is 0 Å². The quantitative estimate of drug-likeness (QED) is 0.836. The minimum atomic E-state index is 0.611. The van der Waals surface area contributed by atoms with Crippen LogP contribution >= 0.6 is 0 Å². The molecule has 1 heteroatoms. The predicted octanol–water partition coefficient (Wildman–Crippen LogP) is 4.97. The average Bonchev–Trinajstić information content (AvgIpc) is 2.46. The third kappa shape index (κ3) is 3.12. The highest BCUT2D eigenvalue weighted by Gasteiger charge is 2.17. The first-order chi connectivity index (χ1) is 10.1. The third-order valence-electron chi connectivity index (χ3n) is 4.72. The summed E-state index contributed by atoms with van der Waals surface area (Å²) in [6.45, 7) is 6.68. The van der Waals surface area contributed by atoms with Gasteiger partial charge in [0.1, 0.15) is 0 Å². The van der Waals surface area contributed by atoms with Crippen LogP contribution in [0.3, 0.4) is 0 Å². The molecule has 110 valence electrons. The van der Waals surface area contributed by atoms with Crippen LogP contribution in [0.1, 0.15) is 40.7 Å². The first kappa shape index (κ1) is 14.2. The normalized spacial score (nSPS) is 17.2. The molecule has 1 N–H and O–H groups in total. The topological polar surface area (TPSA) is 12.0 Å². The molecule has 0 fully saturated rings. The molecule has 0 aromatic heterocycles. The van der Waals surface area contributed by atoms with Crippen LogP contribution in [0.5, 0.6) is 0 Å². The molecule has 0 spiro atoms. The van der Waals surface area contributed by atoms with Gasteiger partial charge in [0.25, 0.3) is 0 Å². The summed E-state index contributed by atoms with van der Waals surface area (Å²) in [5, 5.41) is 3.72. The lowest BCUT2D eigenvalue weighted by Crippen LogP contribution is -2.26. The van der Waals surface area contributed by atoms with Crippen LogP contribution < -0.4 is 5.32 Å². The number of rotatable bonds is 3. The summed E-state index contributed by atoms with van der Waals surface area (Å²) in [6.07, 6.45) is 4.86. The van der Waals surface area contributed by atoms with Gasteiger partial charge in [-0.3, -0.25) is 0 Å². The van der Waals surface area contributed by atoms with Crippen molar-refractivity contribution in [2.45, 2.75) is 52.5 Å². The van der Waals surface area contributed by atoms with Gasteiger partial charge in [-0.25, -0.2) is 0 Å². The first-order valence-electron chi connectivity index (χ1n) is 8.04. The highest BCUT2D eigenvalue weighted by molar-refractivity contribution is 5.53. The number of hydrogen-bond acceptors (Lipinski definition) is 1. The van der Waals surface area contributed by atoms with Crippen LogP contribution in [0.25, 0.3) is 0 Å². The van der Waals surface area contributed by atoms with E-state index in [0.717, 1.165) is 0 Å². The van der Waals surface area contributed by atoms with Crippen molar-refractivity contribution in [2.24, 2.45) is 0 Å². The van der Waals surface area contributed by atoms with E-state index < -0.39 is 0 Å². The predicted molar refractivity (Wildman–Crippen MR) is 91.1 cm³/mol. The number of fused-ring (bicyclic) bond motifs is 1. The molecule has 1 atom stereocenters. The van der Waals surface area contributed by atoms with Crippen molar-refractivity contribution >= 4 is 5.69 Å². The Balaban J connectivity index is 1.67. The van der Waals surface area contributed by atoms with Crippen molar-refractivity contribution in [3.8, 4) is 0 Å². The van der Waals surface area contributed by atoms with E-state index >= 15 is 0 Å². The van der Waals surface area contributed by atoms with Crippen molar-refractivity contribution in [3.63, 3.8) is 0 Å². The van der Waals surface area contributed by atoms with Crippen LogP contribution in [-0.4, -0.2) is 6.04 Å². The Labute approximate surface area is 128 Å². The first-order valence-corrected chi connectivity index (χ1v) is 8.04. The minimum Gasteiger partial charge on any atom is -0.382 e. The second-order valence-corrected chi connectivity index (χ2v) is 6.45. The summed E-state index contributed by atoms with van der Waals surface area (Å²) >= 11 is 0. The summed E-state index contributed by atoms with van der Waals surface area (Å²) in [7, 11) is 0. The highest BCUT2D eigenvalue weighted by Crippen LogP contribution is 2.27. The number of hydrogen-bond donors (Lipinski definition) is 1. The van der Waals surface area contributed by atoms with Crippen molar-refractivity contribution in [3.05, 3.63) is 64.2 Å². The Kier molecular flexibility index (Phi) is 4.01. The maximum Gasteiger partial charge on any atom is 0.0374 e. The van der Waals surface area contributed by atoms with Crippen LogP contribution in [0.2, 0.25) is 0 Å². The van der Waals surface area contributed by atoms with E-state index in [1.165, 1.54) is 53.6 Å². The van der Waals surface area contributed by atoms with Gasteiger partial charge >= 0.3 is 0 Å². The third-order valence-corrected chi connectivity index (χ3v) is 4.72. The molecule has 0 saturated carbocycles. The number of benzene rings is 2. The molecule has 1 unspecified atom stereocenters. The molecule has 2 aromatic carbocycles. The smallest absolute Gasteiger partial charge is 0.0374 e. The van der Waals surface area contributed by atoms with E-state index in [1.807, 2.05) is 0 Å². The zero-order chi connectivity index (χ0) is 14.8. The van der Waals surface area contributed by atoms with Gasteiger partial charge in [-0.2, -0.15) is 0 Å². The molecular weight excluding hydrogens is 254 g/mol. The van der Waals surface area contributed by atoms with Crippen LogP contribution in [0.4, 0.5) is 5.69 Å². The van der Waals surface area contributed by atoms with Gasteiger partial charge in [-0.15, -0.1) is 0 Å². The van der Waals surface area contributed by atoms with Crippen molar-refractivity contribution in [1.29, 1.82) is 0 Å². The Hall–Kier alpha value is -1.76.